The fraction of sp³-hybridized carbons (Fsp3) is 0.250. The predicted octanol–water partition coefficient (Wildman–Crippen LogP) is 3.00. The van der Waals surface area contributed by atoms with E-state index < -0.39 is 0 Å². The molecule has 5 nitrogen and oxygen atoms in total. The van der Waals surface area contributed by atoms with Crippen LogP contribution < -0.4 is 10.3 Å². The zero-order valence-corrected chi connectivity index (χ0v) is 11.7. The van der Waals surface area contributed by atoms with Crippen LogP contribution in [-0.4, -0.2) is 14.6 Å². The number of nitrogens with one attached hydrogen (secondary N) is 1. The largest absolute Gasteiger partial charge is 0.450 e. The first-order chi connectivity index (χ1) is 10.2. The second kappa shape index (κ2) is 4.48. The number of H-pyrrole nitrogens is 1. The first kappa shape index (κ1) is 12.2. The van der Waals surface area contributed by atoms with Gasteiger partial charge in [-0.05, 0) is 43.4 Å². The highest BCUT2D eigenvalue weighted by Gasteiger charge is 2.23. The van der Waals surface area contributed by atoms with Crippen LogP contribution in [0.15, 0.2) is 41.3 Å². The summed E-state index contributed by atoms with van der Waals surface area (Å²) in [6.45, 7) is 1.88. The van der Waals surface area contributed by atoms with Gasteiger partial charge in [0.25, 0.3) is 0 Å². The van der Waals surface area contributed by atoms with Gasteiger partial charge in [-0.25, -0.2) is 4.98 Å². The molecule has 2 aromatic heterocycles. The Balaban J connectivity index is 1.72. The summed E-state index contributed by atoms with van der Waals surface area (Å²) in [6, 6.07) is 9.75. The number of nitrogens with zero attached hydrogens (tertiary/aromatic N) is 2. The smallest absolute Gasteiger partial charge is 0.315 e. The molecule has 0 aliphatic heterocycles. The zero-order valence-electron chi connectivity index (χ0n) is 11.7. The van der Waals surface area contributed by atoms with Crippen LogP contribution in [0.25, 0.3) is 5.65 Å². The molecule has 1 N–H and O–H groups in total. The summed E-state index contributed by atoms with van der Waals surface area (Å²) in [5, 5.41) is 2.95. The third kappa shape index (κ3) is 2.20. The van der Waals surface area contributed by atoms with Gasteiger partial charge in [0.2, 0.25) is 5.75 Å². The van der Waals surface area contributed by atoms with E-state index in [1.807, 2.05) is 31.2 Å². The lowest BCUT2D eigenvalue weighted by Gasteiger charge is -2.06. The Hall–Kier alpha value is -2.56. The fourth-order valence-electron chi connectivity index (χ4n) is 2.51. The third-order valence-corrected chi connectivity index (χ3v) is 3.73. The lowest BCUT2D eigenvalue weighted by atomic mass is 10.1. The molecule has 5 heteroatoms. The molecule has 3 aromatic rings. The van der Waals surface area contributed by atoms with Crippen molar-refractivity contribution in [2.45, 2.75) is 25.7 Å². The van der Waals surface area contributed by atoms with Gasteiger partial charge in [0.15, 0.2) is 5.65 Å². The van der Waals surface area contributed by atoms with Gasteiger partial charge in [-0.2, -0.15) is 4.52 Å². The van der Waals surface area contributed by atoms with Crippen molar-refractivity contribution in [3.63, 3.8) is 0 Å². The van der Waals surface area contributed by atoms with Gasteiger partial charge in [0, 0.05) is 11.8 Å². The van der Waals surface area contributed by atoms with Gasteiger partial charge in [0.05, 0.1) is 6.20 Å². The molecule has 1 aromatic carbocycles. The van der Waals surface area contributed by atoms with Crippen LogP contribution in [0.2, 0.25) is 0 Å². The fourth-order valence-corrected chi connectivity index (χ4v) is 2.51. The number of benzene rings is 1. The molecule has 1 saturated carbocycles. The van der Waals surface area contributed by atoms with Gasteiger partial charge < -0.3 is 4.74 Å². The number of rotatable bonds is 3. The van der Waals surface area contributed by atoms with Crippen molar-refractivity contribution in [1.82, 2.24) is 14.6 Å². The molecule has 0 spiro atoms. The zero-order chi connectivity index (χ0) is 14.4. The SMILES string of the molecule is Cc1cc2ncc(Oc3cccc(C4CC4)c3)c(=O)n2[nH]1. The summed E-state index contributed by atoms with van der Waals surface area (Å²) in [6.07, 6.45) is 3.96. The highest BCUT2D eigenvalue weighted by Crippen LogP contribution is 2.41. The quantitative estimate of drug-likeness (QED) is 0.802. The normalized spacial score (nSPS) is 14.5. The van der Waals surface area contributed by atoms with Crippen LogP contribution in [0.3, 0.4) is 0 Å². The van der Waals surface area contributed by atoms with E-state index in [2.05, 4.69) is 16.1 Å². The maximum atomic E-state index is 12.3. The lowest BCUT2D eigenvalue weighted by Crippen LogP contribution is -2.16. The molecule has 4 rings (SSSR count). The van der Waals surface area contributed by atoms with Crippen LogP contribution in [0.5, 0.6) is 11.5 Å². The maximum Gasteiger partial charge on any atom is 0.315 e. The summed E-state index contributed by atoms with van der Waals surface area (Å²) in [5.74, 6) is 1.56. The minimum absolute atomic E-state index is 0.224. The van der Waals surface area contributed by atoms with Crippen molar-refractivity contribution in [2.24, 2.45) is 0 Å². The molecule has 0 unspecified atom stereocenters. The molecule has 0 radical (unpaired) electrons. The molecule has 1 fully saturated rings. The Morgan fingerprint density at radius 3 is 3.00 bits per heavy atom. The average molecular weight is 281 g/mol. The van der Waals surface area contributed by atoms with Crippen molar-refractivity contribution in [1.29, 1.82) is 0 Å². The first-order valence-electron chi connectivity index (χ1n) is 7.06. The van der Waals surface area contributed by atoms with Gasteiger partial charge in [-0.15, -0.1) is 0 Å². The Morgan fingerprint density at radius 1 is 1.33 bits per heavy atom. The molecular formula is C16H15N3O2. The first-order valence-corrected chi connectivity index (χ1v) is 7.06. The summed E-state index contributed by atoms with van der Waals surface area (Å²) >= 11 is 0. The van der Waals surface area contributed by atoms with Crippen molar-refractivity contribution in [3.8, 4) is 11.5 Å². The lowest BCUT2D eigenvalue weighted by molar-refractivity contribution is 0.468. The standard InChI is InChI=1S/C16H15N3O2/c1-10-7-15-17-9-14(16(20)19(15)18-10)21-13-4-2-3-12(8-13)11-5-6-11/h2-4,7-9,11,18H,5-6H2,1H3. The molecule has 1 aliphatic carbocycles. The summed E-state index contributed by atoms with van der Waals surface area (Å²) in [4.78, 5) is 16.6. The van der Waals surface area contributed by atoms with E-state index >= 15 is 0 Å². The van der Waals surface area contributed by atoms with Crippen LogP contribution in [0.4, 0.5) is 0 Å². The van der Waals surface area contributed by atoms with E-state index in [1.54, 1.807) is 0 Å². The highest BCUT2D eigenvalue weighted by molar-refractivity contribution is 5.41. The minimum Gasteiger partial charge on any atom is -0.450 e. The number of fused-ring (bicyclic) bond motifs is 1. The maximum absolute atomic E-state index is 12.3. The Kier molecular flexibility index (Phi) is 2.60. The van der Waals surface area contributed by atoms with Crippen LogP contribution in [-0.2, 0) is 0 Å². The van der Waals surface area contributed by atoms with E-state index in [0.717, 1.165) is 5.69 Å². The van der Waals surface area contributed by atoms with Crippen molar-refractivity contribution in [2.75, 3.05) is 0 Å². The molecular weight excluding hydrogens is 266 g/mol. The second-order valence-corrected chi connectivity index (χ2v) is 5.51. The molecule has 0 bridgehead atoms. The number of aryl methyl sites for hydroxylation is 1. The number of hydrogen-bond acceptors (Lipinski definition) is 3. The summed E-state index contributed by atoms with van der Waals surface area (Å²) in [7, 11) is 0. The van der Waals surface area contributed by atoms with Crippen molar-refractivity contribution < 1.29 is 4.74 Å². The van der Waals surface area contributed by atoms with E-state index in [0.29, 0.717) is 17.3 Å². The van der Waals surface area contributed by atoms with Crippen LogP contribution in [0, 0.1) is 6.92 Å². The van der Waals surface area contributed by atoms with E-state index in [4.69, 9.17) is 4.74 Å². The van der Waals surface area contributed by atoms with E-state index in [1.165, 1.54) is 29.1 Å². The van der Waals surface area contributed by atoms with Gasteiger partial charge in [0.1, 0.15) is 5.75 Å². The molecule has 106 valence electrons. The Morgan fingerprint density at radius 2 is 2.19 bits per heavy atom. The molecule has 0 saturated heterocycles. The van der Waals surface area contributed by atoms with Gasteiger partial charge in [-0.3, -0.25) is 9.89 Å². The number of aromatic amines is 1. The van der Waals surface area contributed by atoms with Gasteiger partial charge >= 0.3 is 5.56 Å². The molecule has 0 atom stereocenters. The highest BCUT2D eigenvalue weighted by atomic mass is 16.5. The molecule has 0 amide bonds. The van der Waals surface area contributed by atoms with Gasteiger partial charge in [-0.1, -0.05) is 12.1 Å². The monoisotopic (exact) mass is 281 g/mol. The average Bonchev–Trinajstić information content (AvgIpc) is 3.25. The Bertz CT molecular complexity index is 875. The minimum atomic E-state index is -0.232. The number of aromatic nitrogens is 3. The topological polar surface area (TPSA) is 59.4 Å². The summed E-state index contributed by atoms with van der Waals surface area (Å²) in [5.41, 5.74) is 2.52. The van der Waals surface area contributed by atoms with Crippen LogP contribution in [0.1, 0.15) is 30.0 Å². The molecule has 1 aliphatic rings. The van der Waals surface area contributed by atoms with E-state index in [-0.39, 0.29) is 11.3 Å². The number of ether oxygens (including phenoxy) is 1. The third-order valence-electron chi connectivity index (χ3n) is 3.73. The van der Waals surface area contributed by atoms with Crippen LogP contribution >= 0.6 is 0 Å². The summed E-state index contributed by atoms with van der Waals surface area (Å²) < 4.78 is 7.13. The Labute approximate surface area is 121 Å². The predicted molar refractivity (Wildman–Crippen MR) is 79.0 cm³/mol. The second-order valence-electron chi connectivity index (χ2n) is 5.51. The molecule has 21 heavy (non-hydrogen) atoms. The molecule has 2 heterocycles. The number of hydrogen-bond donors (Lipinski definition) is 1. The van der Waals surface area contributed by atoms with E-state index in [9.17, 15) is 4.79 Å². The van der Waals surface area contributed by atoms with Crippen molar-refractivity contribution >= 4 is 5.65 Å². The van der Waals surface area contributed by atoms with Crippen molar-refractivity contribution in [3.05, 3.63) is 58.1 Å².